The lowest BCUT2D eigenvalue weighted by Crippen LogP contribution is -2.14. The molecule has 2 aromatic rings. The zero-order valence-corrected chi connectivity index (χ0v) is 10.7. The van der Waals surface area contributed by atoms with Crippen LogP contribution in [0, 0.1) is 25.2 Å². The van der Waals surface area contributed by atoms with Crippen LogP contribution in [0.4, 0.5) is 11.6 Å². The third-order valence-corrected chi connectivity index (χ3v) is 2.77. The van der Waals surface area contributed by atoms with Crippen LogP contribution in [0.1, 0.15) is 16.8 Å². The molecule has 0 aliphatic heterocycles. The van der Waals surface area contributed by atoms with E-state index in [0.29, 0.717) is 11.6 Å². The van der Waals surface area contributed by atoms with Crippen LogP contribution in [0.5, 0.6) is 0 Å². The molecule has 4 heteroatoms. The first-order valence-corrected chi connectivity index (χ1v) is 5.66. The van der Waals surface area contributed by atoms with E-state index >= 15 is 0 Å². The maximum Gasteiger partial charge on any atom is 0.230 e. The molecule has 90 valence electrons. The highest BCUT2D eigenvalue weighted by Gasteiger charge is 2.10. The SMILES string of the molecule is Cc1ccc(N(C)c2nccc(C#N)n2)c(C)c1. The number of nitriles is 1. The van der Waals surface area contributed by atoms with Crippen LogP contribution in [0.25, 0.3) is 0 Å². The van der Waals surface area contributed by atoms with Crippen molar-refractivity contribution < 1.29 is 0 Å². The average molecular weight is 238 g/mol. The molecule has 0 aliphatic rings. The predicted octanol–water partition coefficient (Wildman–Crippen LogP) is 2.73. The molecule has 1 aromatic carbocycles. The normalized spacial score (nSPS) is 9.89. The Labute approximate surface area is 107 Å². The molecule has 0 saturated heterocycles. The zero-order valence-electron chi connectivity index (χ0n) is 10.7. The summed E-state index contributed by atoms with van der Waals surface area (Å²) in [5, 5.41) is 8.85. The Morgan fingerprint density at radius 3 is 2.67 bits per heavy atom. The third-order valence-electron chi connectivity index (χ3n) is 2.77. The summed E-state index contributed by atoms with van der Waals surface area (Å²) in [6.07, 6.45) is 1.60. The molecular formula is C14H14N4. The Kier molecular flexibility index (Phi) is 3.24. The quantitative estimate of drug-likeness (QED) is 0.807. The summed E-state index contributed by atoms with van der Waals surface area (Å²) in [5.41, 5.74) is 3.78. The Morgan fingerprint density at radius 1 is 1.22 bits per heavy atom. The fraction of sp³-hybridized carbons (Fsp3) is 0.214. The number of aromatic nitrogens is 2. The highest BCUT2D eigenvalue weighted by Crippen LogP contribution is 2.24. The molecule has 0 spiro atoms. The Balaban J connectivity index is 2.41. The second-order valence-electron chi connectivity index (χ2n) is 4.20. The highest BCUT2D eigenvalue weighted by molar-refractivity contribution is 5.61. The summed E-state index contributed by atoms with van der Waals surface area (Å²) < 4.78 is 0. The Hall–Kier alpha value is -2.41. The van der Waals surface area contributed by atoms with Crippen LogP contribution in [0.2, 0.25) is 0 Å². The van der Waals surface area contributed by atoms with Gasteiger partial charge in [-0.15, -0.1) is 0 Å². The number of aryl methyl sites for hydroxylation is 2. The second kappa shape index (κ2) is 4.84. The minimum atomic E-state index is 0.372. The lowest BCUT2D eigenvalue weighted by atomic mass is 10.1. The molecule has 0 bridgehead atoms. The maximum absolute atomic E-state index is 8.85. The van der Waals surface area contributed by atoms with Crippen LogP contribution < -0.4 is 4.90 Å². The molecule has 0 unspecified atom stereocenters. The van der Waals surface area contributed by atoms with Gasteiger partial charge in [0.05, 0.1) is 0 Å². The van der Waals surface area contributed by atoms with E-state index in [2.05, 4.69) is 23.0 Å². The molecular weight excluding hydrogens is 224 g/mol. The summed E-state index contributed by atoms with van der Waals surface area (Å²) in [7, 11) is 1.90. The minimum Gasteiger partial charge on any atom is -0.313 e. The summed E-state index contributed by atoms with van der Waals surface area (Å²) >= 11 is 0. The minimum absolute atomic E-state index is 0.372. The van der Waals surface area contributed by atoms with Crippen molar-refractivity contribution in [2.75, 3.05) is 11.9 Å². The van der Waals surface area contributed by atoms with E-state index in [1.165, 1.54) is 5.56 Å². The van der Waals surface area contributed by atoms with E-state index < -0.39 is 0 Å². The lowest BCUT2D eigenvalue weighted by molar-refractivity contribution is 1.02. The van der Waals surface area contributed by atoms with Crippen LogP contribution >= 0.6 is 0 Å². The smallest absolute Gasteiger partial charge is 0.230 e. The second-order valence-corrected chi connectivity index (χ2v) is 4.20. The number of nitrogens with zero attached hydrogens (tertiary/aromatic N) is 4. The summed E-state index contributed by atoms with van der Waals surface area (Å²) in [5.74, 6) is 0.529. The molecule has 2 rings (SSSR count). The fourth-order valence-corrected chi connectivity index (χ4v) is 1.86. The molecule has 0 saturated carbocycles. The van der Waals surface area contributed by atoms with E-state index in [4.69, 9.17) is 5.26 Å². The molecule has 0 aliphatic carbocycles. The van der Waals surface area contributed by atoms with Gasteiger partial charge in [-0.1, -0.05) is 17.7 Å². The van der Waals surface area contributed by atoms with Crippen molar-refractivity contribution in [2.45, 2.75) is 13.8 Å². The topological polar surface area (TPSA) is 52.8 Å². The first-order chi connectivity index (χ1) is 8.61. The van der Waals surface area contributed by atoms with Gasteiger partial charge in [-0.25, -0.2) is 9.97 Å². The van der Waals surface area contributed by atoms with Crippen molar-refractivity contribution in [1.29, 1.82) is 5.26 Å². The number of hydrogen-bond acceptors (Lipinski definition) is 4. The van der Waals surface area contributed by atoms with Gasteiger partial charge in [0.1, 0.15) is 11.8 Å². The molecule has 0 amide bonds. The summed E-state index contributed by atoms with van der Waals surface area (Å²) in [4.78, 5) is 10.3. The van der Waals surface area contributed by atoms with Gasteiger partial charge in [-0.2, -0.15) is 5.26 Å². The van der Waals surface area contributed by atoms with E-state index in [9.17, 15) is 0 Å². The van der Waals surface area contributed by atoms with Crippen molar-refractivity contribution in [1.82, 2.24) is 9.97 Å². The fourth-order valence-electron chi connectivity index (χ4n) is 1.86. The summed E-state index contributed by atoms with van der Waals surface area (Å²) in [6, 6.07) is 9.81. The van der Waals surface area contributed by atoms with Crippen LogP contribution in [0.15, 0.2) is 30.5 Å². The molecule has 1 heterocycles. The van der Waals surface area contributed by atoms with E-state index in [0.717, 1.165) is 11.3 Å². The van der Waals surface area contributed by atoms with Gasteiger partial charge in [0.2, 0.25) is 5.95 Å². The number of hydrogen-bond donors (Lipinski definition) is 0. The first-order valence-electron chi connectivity index (χ1n) is 5.66. The maximum atomic E-state index is 8.85. The molecule has 1 aromatic heterocycles. The van der Waals surface area contributed by atoms with Crippen molar-refractivity contribution in [2.24, 2.45) is 0 Å². The van der Waals surface area contributed by atoms with Crippen LogP contribution in [-0.4, -0.2) is 17.0 Å². The standard InChI is InChI=1S/C14H14N4/c1-10-4-5-13(11(2)8-10)18(3)14-16-7-6-12(9-15)17-14/h4-8H,1-3H3. The molecule has 0 fully saturated rings. The van der Waals surface area contributed by atoms with Gasteiger partial charge in [-0.05, 0) is 31.5 Å². The third kappa shape index (κ3) is 2.30. The first kappa shape index (κ1) is 12.1. The van der Waals surface area contributed by atoms with Crippen LogP contribution in [-0.2, 0) is 0 Å². The molecule has 0 N–H and O–H groups in total. The largest absolute Gasteiger partial charge is 0.313 e. The monoisotopic (exact) mass is 238 g/mol. The number of rotatable bonds is 2. The van der Waals surface area contributed by atoms with E-state index in [-0.39, 0.29) is 0 Å². The Bertz CT molecular complexity index is 613. The molecule has 18 heavy (non-hydrogen) atoms. The van der Waals surface area contributed by atoms with Gasteiger partial charge >= 0.3 is 0 Å². The van der Waals surface area contributed by atoms with Crippen LogP contribution in [0.3, 0.4) is 0 Å². The van der Waals surface area contributed by atoms with E-state index in [1.807, 2.05) is 37.1 Å². The van der Waals surface area contributed by atoms with Crippen molar-refractivity contribution in [3.05, 3.63) is 47.3 Å². The van der Waals surface area contributed by atoms with Gasteiger partial charge < -0.3 is 4.90 Å². The van der Waals surface area contributed by atoms with Crippen molar-refractivity contribution in [3.8, 4) is 6.07 Å². The highest BCUT2D eigenvalue weighted by atomic mass is 15.2. The molecule has 0 atom stereocenters. The van der Waals surface area contributed by atoms with Gasteiger partial charge in [0.15, 0.2) is 0 Å². The molecule has 4 nitrogen and oxygen atoms in total. The van der Waals surface area contributed by atoms with Gasteiger partial charge in [-0.3, -0.25) is 0 Å². The van der Waals surface area contributed by atoms with Crippen molar-refractivity contribution >= 4 is 11.6 Å². The van der Waals surface area contributed by atoms with E-state index in [1.54, 1.807) is 12.3 Å². The number of benzene rings is 1. The van der Waals surface area contributed by atoms with Gasteiger partial charge in [0.25, 0.3) is 0 Å². The lowest BCUT2D eigenvalue weighted by Gasteiger charge is -2.19. The van der Waals surface area contributed by atoms with Crippen molar-refractivity contribution in [3.63, 3.8) is 0 Å². The zero-order chi connectivity index (χ0) is 13.1. The molecule has 0 radical (unpaired) electrons. The average Bonchev–Trinajstić information content (AvgIpc) is 2.38. The number of anilines is 2. The Morgan fingerprint density at radius 2 is 2.00 bits per heavy atom. The van der Waals surface area contributed by atoms with Gasteiger partial charge in [0, 0.05) is 18.9 Å². The summed E-state index contributed by atoms with van der Waals surface area (Å²) in [6.45, 7) is 4.11. The predicted molar refractivity (Wildman–Crippen MR) is 70.7 cm³/mol.